The fourth-order valence-electron chi connectivity index (χ4n) is 4.07. The Labute approximate surface area is 183 Å². The highest BCUT2D eigenvalue weighted by molar-refractivity contribution is 7.18. The van der Waals surface area contributed by atoms with E-state index in [-0.39, 0.29) is 12.7 Å². The highest BCUT2D eigenvalue weighted by atomic mass is 32.1. The number of aryl methyl sites for hydroxylation is 2. The van der Waals surface area contributed by atoms with Gasteiger partial charge in [-0.2, -0.15) is 4.98 Å². The van der Waals surface area contributed by atoms with Gasteiger partial charge in [0, 0.05) is 24.5 Å². The highest BCUT2D eigenvalue weighted by Gasteiger charge is 2.27. The van der Waals surface area contributed by atoms with Crippen LogP contribution in [0.15, 0.2) is 18.2 Å². The molecule has 0 aliphatic carbocycles. The van der Waals surface area contributed by atoms with Crippen molar-refractivity contribution in [3.8, 4) is 11.5 Å². The highest BCUT2D eigenvalue weighted by Crippen LogP contribution is 2.36. The summed E-state index contributed by atoms with van der Waals surface area (Å²) in [6, 6.07) is 5.92. The Morgan fingerprint density at radius 2 is 2.00 bits per heavy atom. The molecular weight excluding hydrogens is 416 g/mol. The van der Waals surface area contributed by atoms with Crippen molar-refractivity contribution in [2.24, 2.45) is 5.92 Å². The second kappa shape index (κ2) is 7.88. The number of piperidine rings is 1. The zero-order valence-corrected chi connectivity index (χ0v) is 18.3. The smallest absolute Gasteiger partial charge is 0.306 e. The standard InChI is InChI=1S/C22H24N4O4S/c1-12-13(2)31-20-18(12)19(23-10-14-3-4-16-17(9-14)30-11-29-16)24-22(25-20)26-7-5-15(6-8-26)21(27)28/h3-4,9,15H,5-8,10-11H2,1-2H3,(H,27,28)(H,23,24,25). The topological polar surface area (TPSA) is 96.8 Å². The Bertz CT molecular complexity index is 1150. The molecule has 0 bridgehead atoms. The van der Waals surface area contributed by atoms with Crippen LogP contribution in [0, 0.1) is 19.8 Å². The van der Waals surface area contributed by atoms with Gasteiger partial charge in [-0.1, -0.05) is 6.07 Å². The van der Waals surface area contributed by atoms with Crippen molar-refractivity contribution < 1.29 is 19.4 Å². The maximum atomic E-state index is 11.3. The van der Waals surface area contributed by atoms with Gasteiger partial charge in [0.05, 0.1) is 11.3 Å². The fourth-order valence-corrected chi connectivity index (χ4v) is 5.10. The minimum atomic E-state index is -0.716. The number of nitrogens with zero attached hydrogens (tertiary/aromatic N) is 3. The number of carbonyl (C=O) groups is 1. The number of thiophene rings is 1. The van der Waals surface area contributed by atoms with E-state index in [2.05, 4.69) is 24.1 Å². The summed E-state index contributed by atoms with van der Waals surface area (Å²) in [5.41, 5.74) is 2.26. The zero-order chi connectivity index (χ0) is 21.5. The van der Waals surface area contributed by atoms with E-state index >= 15 is 0 Å². The summed E-state index contributed by atoms with van der Waals surface area (Å²) in [5.74, 6) is 1.99. The number of anilines is 2. The van der Waals surface area contributed by atoms with Gasteiger partial charge >= 0.3 is 5.97 Å². The van der Waals surface area contributed by atoms with Gasteiger partial charge in [-0.15, -0.1) is 11.3 Å². The molecule has 0 unspecified atom stereocenters. The third kappa shape index (κ3) is 3.74. The molecule has 3 aromatic rings. The van der Waals surface area contributed by atoms with Gasteiger partial charge in [0.1, 0.15) is 10.6 Å². The number of fused-ring (bicyclic) bond motifs is 2. The van der Waals surface area contributed by atoms with Crippen molar-refractivity contribution in [3.05, 3.63) is 34.2 Å². The lowest BCUT2D eigenvalue weighted by Gasteiger charge is -2.30. The van der Waals surface area contributed by atoms with Crippen LogP contribution in [-0.2, 0) is 11.3 Å². The fraction of sp³-hybridized carbons (Fsp3) is 0.409. The molecular formula is C22H24N4O4S. The molecule has 0 atom stereocenters. The van der Waals surface area contributed by atoms with E-state index in [4.69, 9.17) is 19.4 Å². The van der Waals surface area contributed by atoms with E-state index in [1.807, 2.05) is 18.2 Å². The molecule has 2 N–H and O–H groups in total. The average molecular weight is 441 g/mol. The predicted molar refractivity (Wildman–Crippen MR) is 119 cm³/mol. The van der Waals surface area contributed by atoms with E-state index in [1.54, 1.807) is 11.3 Å². The number of rotatable bonds is 5. The Morgan fingerprint density at radius 1 is 1.23 bits per heavy atom. The second-order valence-electron chi connectivity index (χ2n) is 7.98. The first-order chi connectivity index (χ1) is 15.0. The molecule has 162 valence electrons. The summed E-state index contributed by atoms with van der Waals surface area (Å²) in [6.45, 7) is 6.34. The monoisotopic (exact) mass is 440 g/mol. The average Bonchev–Trinajstić information content (AvgIpc) is 3.35. The van der Waals surface area contributed by atoms with Crippen molar-refractivity contribution in [2.45, 2.75) is 33.2 Å². The third-order valence-corrected chi connectivity index (χ3v) is 7.14. The van der Waals surface area contributed by atoms with Crippen molar-refractivity contribution in [3.63, 3.8) is 0 Å². The van der Waals surface area contributed by atoms with E-state index < -0.39 is 5.97 Å². The lowest BCUT2D eigenvalue weighted by molar-refractivity contribution is -0.142. The summed E-state index contributed by atoms with van der Waals surface area (Å²) in [5, 5.41) is 13.8. The summed E-state index contributed by atoms with van der Waals surface area (Å²) >= 11 is 1.67. The second-order valence-corrected chi connectivity index (χ2v) is 9.18. The first-order valence-corrected chi connectivity index (χ1v) is 11.2. The molecule has 1 aromatic carbocycles. The number of nitrogens with one attached hydrogen (secondary N) is 1. The van der Waals surface area contributed by atoms with Crippen molar-refractivity contribution >= 4 is 39.3 Å². The number of hydrogen-bond donors (Lipinski definition) is 2. The summed E-state index contributed by atoms with van der Waals surface area (Å²) in [6.07, 6.45) is 1.22. The van der Waals surface area contributed by atoms with Crippen molar-refractivity contribution in [1.82, 2.24) is 9.97 Å². The van der Waals surface area contributed by atoms with Crippen molar-refractivity contribution in [1.29, 1.82) is 0 Å². The van der Waals surface area contributed by atoms with Crippen LogP contribution in [0.5, 0.6) is 11.5 Å². The SMILES string of the molecule is Cc1sc2nc(N3CCC(C(=O)O)CC3)nc(NCc3ccc4c(c3)OCO4)c2c1C. The molecule has 8 nitrogen and oxygen atoms in total. The van der Waals surface area contributed by atoms with Crippen LogP contribution in [0.1, 0.15) is 28.8 Å². The van der Waals surface area contributed by atoms with Crippen LogP contribution < -0.4 is 19.7 Å². The Hall–Kier alpha value is -3.07. The Balaban J connectivity index is 1.43. The molecule has 0 amide bonds. The van der Waals surface area contributed by atoms with Crippen LogP contribution >= 0.6 is 11.3 Å². The third-order valence-electron chi connectivity index (χ3n) is 6.04. The number of aromatic nitrogens is 2. The van der Waals surface area contributed by atoms with E-state index in [9.17, 15) is 9.90 Å². The van der Waals surface area contributed by atoms with Gasteiger partial charge in [0.25, 0.3) is 0 Å². The lowest BCUT2D eigenvalue weighted by Crippen LogP contribution is -2.37. The molecule has 5 rings (SSSR count). The molecule has 2 aliphatic rings. The first-order valence-electron chi connectivity index (χ1n) is 10.4. The minimum absolute atomic E-state index is 0.258. The van der Waals surface area contributed by atoms with Crippen molar-refractivity contribution in [2.75, 3.05) is 30.1 Å². The Morgan fingerprint density at radius 3 is 2.77 bits per heavy atom. The molecule has 9 heteroatoms. The van der Waals surface area contributed by atoms with Gasteiger partial charge in [-0.3, -0.25) is 4.79 Å². The van der Waals surface area contributed by atoms with Crippen LogP contribution in [0.3, 0.4) is 0 Å². The predicted octanol–water partition coefficient (Wildman–Crippen LogP) is 3.95. The summed E-state index contributed by atoms with van der Waals surface area (Å²) in [7, 11) is 0. The normalized spacial score (nSPS) is 16.1. The summed E-state index contributed by atoms with van der Waals surface area (Å²) < 4.78 is 10.9. The molecule has 1 saturated heterocycles. The molecule has 1 fully saturated rings. The Kier molecular flexibility index (Phi) is 5.05. The molecule has 0 saturated carbocycles. The van der Waals surface area contributed by atoms with Gasteiger partial charge in [0.2, 0.25) is 12.7 Å². The van der Waals surface area contributed by atoms with Crippen LogP contribution in [-0.4, -0.2) is 40.9 Å². The van der Waals surface area contributed by atoms with Gasteiger partial charge in [-0.25, -0.2) is 4.98 Å². The molecule has 2 aliphatic heterocycles. The molecule has 0 radical (unpaired) electrons. The quantitative estimate of drug-likeness (QED) is 0.616. The number of hydrogen-bond acceptors (Lipinski definition) is 8. The molecule has 0 spiro atoms. The largest absolute Gasteiger partial charge is 0.481 e. The maximum absolute atomic E-state index is 11.3. The van der Waals surface area contributed by atoms with Gasteiger partial charge < -0.3 is 24.8 Å². The molecule has 31 heavy (non-hydrogen) atoms. The summed E-state index contributed by atoms with van der Waals surface area (Å²) in [4.78, 5) is 25.2. The number of aliphatic carboxylic acids is 1. The maximum Gasteiger partial charge on any atom is 0.306 e. The van der Waals surface area contributed by atoms with Crippen LogP contribution in [0.2, 0.25) is 0 Å². The molecule has 2 aromatic heterocycles. The van der Waals surface area contributed by atoms with E-state index in [0.717, 1.165) is 33.1 Å². The van der Waals surface area contributed by atoms with Gasteiger partial charge in [-0.05, 0) is 49.9 Å². The number of carboxylic acid groups (broad SMARTS) is 1. The van der Waals surface area contributed by atoms with Gasteiger partial charge in [0.15, 0.2) is 11.5 Å². The lowest BCUT2D eigenvalue weighted by atomic mass is 9.97. The van der Waals surface area contributed by atoms with E-state index in [1.165, 1.54) is 10.4 Å². The van der Waals surface area contributed by atoms with Crippen LogP contribution in [0.25, 0.3) is 10.2 Å². The molecule has 4 heterocycles. The number of benzene rings is 1. The first kappa shape index (κ1) is 19.9. The number of carboxylic acids is 1. The minimum Gasteiger partial charge on any atom is -0.481 e. The zero-order valence-electron chi connectivity index (χ0n) is 17.5. The van der Waals surface area contributed by atoms with E-state index in [0.29, 0.717) is 38.4 Å². The van der Waals surface area contributed by atoms with Crippen LogP contribution in [0.4, 0.5) is 11.8 Å². The number of ether oxygens (including phenoxy) is 2.